The van der Waals surface area contributed by atoms with Crippen LogP contribution < -0.4 is 21.3 Å². The van der Waals surface area contributed by atoms with E-state index in [-0.39, 0.29) is 56.3 Å². The summed E-state index contributed by atoms with van der Waals surface area (Å²) in [4.78, 5) is 79.2. The summed E-state index contributed by atoms with van der Waals surface area (Å²) in [5.74, 6) is -2.74. The summed E-state index contributed by atoms with van der Waals surface area (Å²) in [6.45, 7) is 2.19. The molecule has 0 aliphatic carbocycles. The smallest absolute Gasteiger partial charge is 0.275 e. The van der Waals surface area contributed by atoms with Gasteiger partial charge >= 0.3 is 0 Å². The second kappa shape index (κ2) is 14.9. The number of primary amides is 1. The summed E-state index contributed by atoms with van der Waals surface area (Å²) in [5, 5.41) is 6.34. The lowest BCUT2D eigenvalue weighted by molar-refractivity contribution is -0.146. The normalized spacial score (nSPS) is 17.2. The number of anilines is 2. The standard InChI is InChI=1S/C37H36ClN7O5/c1-22-19-25(11-12-28(22)38)43-36(49)27(15-18-44-21-42-37(50)32-35(44)41-17-16-40-32)33-26-10-6-5-9-24(26)20-29(34(39)48)45(33)31(47)14-13-30(46)23-7-3-2-4-8-23/h2-12,16-17,19,27,29,33H,13-15,18,20-21H2,1H3,(H2,39,48)(H,42,50)(H,43,49)/t27-,29?,33?/m0/s1. The second-order valence-electron chi connectivity index (χ2n) is 12.4. The highest BCUT2D eigenvalue weighted by atomic mass is 35.5. The van der Waals surface area contributed by atoms with E-state index in [1.165, 1.54) is 17.3 Å². The van der Waals surface area contributed by atoms with Gasteiger partial charge in [-0.25, -0.2) is 9.97 Å². The van der Waals surface area contributed by atoms with Crippen LogP contribution in [0.1, 0.15) is 62.8 Å². The number of nitrogens with zero attached hydrogens (tertiary/aromatic N) is 4. The first kappa shape index (κ1) is 34.3. The molecule has 2 unspecified atom stereocenters. The highest BCUT2D eigenvalue weighted by Gasteiger charge is 2.46. The summed E-state index contributed by atoms with van der Waals surface area (Å²) in [6, 6.07) is 19.2. The third-order valence-electron chi connectivity index (χ3n) is 9.18. The first-order valence-electron chi connectivity index (χ1n) is 16.3. The Balaban J connectivity index is 1.39. The number of carbonyl (C=O) groups excluding carboxylic acids is 5. The molecule has 2 aliphatic rings. The van der Waals surface area contributed by atoms with E-state index in [1.54, 1.807) is 53.4 Å². The zero-order chi connectivity index (χ0) is 35.4. The van der Waals surface area contributed by atoms with Crippen molar-refractivity contribution >= 4 is 52.5 Å². The molecule has 6 rings (SSSR count). The Morgan fingerprint density at radius 3 is 2.50 bits per heavy atom. The minimum Gasteiger partial charge on any atom is -0.368 e. The predicted molar refractivity (Wildman–Crippen MR) is 187 cm³/mol. The van der Waals surface area contributed by atoms with E-state index in [1.807, 2.05) is 31.2 Å². The lowest BCUT2D eigenvalue weighted by Gasteiger charge is -2.45. The van der Waals surface area contributed by atoms with E-state index < -0.39 is 35.7 Å². The maximum absolute atomic E-state index is 14.5. The molecule has 0 bridgehead atoms. The van der Waals surface area contributed by atoms with Gasteiger partial charge in [-0.1, -0.05) is 66.2 Å². The molecule has 3 aromatic carbocycles. The van der Waals surface area contributed by atoms with Gasteiger partial charge in [-0.05, 0) is 48.2 Å². The van der Waals surface area contributed by atoms with Crippen LogP contribution in [-0.2, 0) is 20.8 Å². The lowest BCUT2D eigenvalue weighted by atomic mass is 9.79. The fourth-order valence-electron chi connectivity index (χ4n) is 6.67. The molecule has 0 saturated heterocycles. The Morgan fingerprint density at radius 2 is 1.74 bits per heavy atom. The molecular weight excluding hydrogens is 658 g/mol. The Hall–Kier alpha value is -5.62. The molecule has 0 fully saturated rings. The van der Waals surface area contributed by atoms with Crippen LogP contribution in [0.4, 0.5) is 11.5 Å². The Morgan fingerprint density at radius 1 is 1.00 bits per heavy atom. The van der Waals surface area contributed by atoms with Gasteiger partial charge in [0, 0.05) is 54.5 Å². The number of hydrogen-bond acceptors (Lipinski definition) is 8. The Labute approximate surface area is 294 Å². The molecule has 4 N–H and O–H groups in total. The van der Waals surface area contributed by atoms with Gasteiger partial charge in [0.25, 0.3) is 5.91 Å². The van der Waals surface area contributed by atoms with Crippen molar-refractivity contribution in [2.45, 2.75) is 44.7 Å². The molecule has 1 aromatic heterocycles. The van der Waals surface area contributed by atoms with Crippen LogP contribution in [0, 0.1) is 12.8 Å². The molecule has 2 aliphatic heterocycles. The monoisotopic (exact) mass is 693 g/mol. The molecule has 0 spiro atoms. The van der Waals surface area contributed by atoms with E-state index in [0.29, 0.717) is 27.7 Å². The highest BCUT2D eigenvalue weighted by molar-refractivity contribution is 6.31. The fraction of sp³-hybridized carbons (Fsp3) is 0.270. The maximum atomic E-state index is 14.5. The van der Waals surface area contributed by atoms with Gasteiger partial charge in [0.1, 0.15) is 6.04 Å². The highest BCUT2D eigenvalue weighted by Crippen LogP contribution is 2.41. The number of nitrogens with one attached hydrogen (secondary N) is 2. The maximum Gasteiger partial charge on any atom is 0.275 e. The van der Waals surface area contributed by atoms with Crippen molar-refractivity contribution < 1.29 is 24.0 Å². The summed E-state index contributed by atoms with van der Waals surface area (Å²) in [7, 11) is 0. The molecule has 0 saturated carbocycles. The van der Waals surface area contributed by atoms with E-state index in [2.05, 4.69) is 20.6 Å². The summed E-state index contributed by atoms with van der Waals surface area (Å²) < 4.78 is 0. The van der Waals surface area contributed by atoms with Crippen molar-refractivity contribution in [1.82, 2.24) is 20.2 Å². The number of nitrogens with two attached hydrogens (primary N) is 1. The van der Waals surface area contributed by atoms with Gasteiger partial charge in [-0.15, -0.1) is 0 Å². The van der Waals surface area contributed by atoms with Gasteiger partial charge in [-0.2, -0.15) is 0 Å². The summed E-state index contributed by atoms with van der Waals surface area (Å²) in [5.41, 5.74) is 9.36. The molecule has 3 heterocycles. The molecule has 3 atom stereocenters. The topological polar surface area (TPSA) is 168 Å². The molecular formula is C37H36ClN7O5. The number of aromatic nitrogens is 2. The molecule has 0 radical (unpaired) electrons. The van der Waals surface area contributed by atoms with Crippen LogP contribution >= 0.6 is 11.6 Å². The number of aryl methyl sites for hydroxylation is 1. The summed E-state index contributed by atoms with van der Waals surface area (Å²) in [6.07, 6.45) is 2.96. The second-order valence-corrected chi connectivity index (χ2v) is 12.8. The molecule has 256 valence electrons. The Bertz CT molecular complexity index is 1960. The zero-order valence-electron chi connectivity index (χ0n) is 27.3. The predicted octanol–water partition coefficient (Wildman–Crippen LogP) is 4.23. The number of rotatable bonds is 11. The Kier molecular flexibility index (Phi) is 10.2. The van der Waals surface area contributed by atoms with Crippen LogP contribution in [0.2, 0.25) is 5.02 Å². The van der Waals surface area contributed by atoms with Gasteiger partial charge in [0.2, 0.25) is 17.7 Å². The van der Waals surface area contributed by atoms with Crippen LogP contribution in [0.15, 0.2) is 85.2 Å². The van der Waals surface area contributed by atoms with E-state index >= 15 is 0 Å². The molecule has 4 amide bonds. The third-order valence-corrected chi connectivity index (χ3v) is 9.60. The van der Waals surface area contributed by atoms with Crippen molar-refractivity contribution in [3.05, 3.63) is 118 Å². The van der Waals surface area contributed by atoms with Crippen LogP contribution in [-0.4, -0.2) is 63.5 Å². The van der Waals surface area contributed by atoms with Crippen LogP contribution in [0.25, 0.3) is 0 Å². The van der Waals surface area contributed by atoms with Gasteiger partial charge in [0.15, 0.2) is 17.3 Å². The first-order chi connectivity index (χ1) is 24.1. The summed E-state index contributed by atoms with van der Waals surface area (Å²) >= 11 is 6.26. The lowest BCUT2D eigenvalue weighted by Crippen LogP contribution is -2.56. The van der Waals surface area contributed by atoms with Crippen molar-refractivity contribution in [1.29, 1.82) is 0 Å². The van der Waals surface area contributed by atoms with Crippen molar-refractivity contribution in [3.8, 4) is 0 Å². The minimum absolute atomic E-state index is 0.0942. The largest absolute Gasteiger partial charge is 0.368 e. The first-order valence-corrected chi connectivity index (χ1v) is 16.7. The average molecular weight is 694 g/mol. The quantitative estimate of drug-likeness (QED) is 0.196. The number of carbonyl (C=O) groups is 5. The van der Waals surface area contributed by atoms with Gasteiger partial charge in [0.05, 0.1) is 18.6 Å². The number of hydrogen-bond donors (Lipinski definition) is 3. The fourth-order valence-corrected chi connectivity index (χ4v) is 6.79. The number of benzene rings is 3. The molecule has 13 heteroatoms. The van der Waals surface area contributed by atoms with Gasteiger partial charge in [-0.3, -0.25) is 24.0 Å². The zero-order valence-corrected chi connectivity index (χ0v) is 28.1. The van der Waals surface area contributed by atoms with E-state index in [0.717, 1.165) is 11.1 Å². The van der Waals surface area contributed by atoms with Crippen LogP contribution in [0.5, 0.6) is 0 Å². The third kappa shape index (κ3) is 7.20. The number of ketones is 1. The van der Waals surface area contributed by atoms with Crippen molar-refractivity contribution in [2.75, 3.05) is 23.4 Å². The van der Waals surface area contributed by atoms with Crippen molar-refractivity contribution in [3.63, 3.8) is 0 Å². The number of halogens is 1. The molecule has 4 aromatic rings. The molecule has 12 nitrogen and oxygen atoms in total. The number of Topliss-reactive ketones (excluding diaryl/α,β-unsaturated/α-hetero) is 1. The number of amides is 4. The van der Waals surface area contributed by atoms with Crippen molar-refractivity contribution in [2.24, 2.45) is 11.7 Å². The van der Waals surface area contributed by atoms with Crippen LogP contribution in [0.3, 0.4) is 0 Å². The SMILES string of the molecule is Cc1cc(NC(=O)[C@@H](CCN2CNC(=O)c3nccnc32)C2c3ccccc3CC(C(N)=O)N2C(=O)CCC(=O)c2ccccc2)ccc1Cl. The minimum atomic E-state index is -1.07. The molecule has 50 heavy (non-hydrogen) atoms. The van der Waals surface area contributed by atoms with E-state index in [9.17, 15) is 24.0 Å². The average Bonchev–Trinajstić information content (AvgIpc) is 3.13. The van der Waals surface area contributed by atoms with E-state index in [4.69, 9.17) is 17.3 Å². The van der Waals surface area contributed by atoms with Gasteiger partial charge < -0.3 is 26.2 Å². The number of fused-ring (bicyclic) bond motifs is 2.